The third-order valence-corrected chi connectivity index (χ3v) is 7.27. The van der Waals surface area contributed by atoms with Gasteiger partial charge in [-0.1, -0.05) is 13.0 Å². The monoisotopic (exact) mass is 449 g/mol. The van der Waals surface area contributed by atoms with Crippen LogP contribution in [0.25, 0.3) is 16.9 Å². The second-order valence-corrected chi connectivity index (χ2v) is 9.33. The van der Waals surface area contributed by atoms with Gasteiger partial charge in [0, 0.05) is 24.2 Å². The Hall–Kier alpha value is -2.77. The number of anilines is 2. The van der Waals surface area contributed by atoms with Crippen LogP contribution in [0.3, 0.4) is 0 Å². The van der Waals surface area contributed by atoms with Gasteiger partial charge in [-0.2, -0.15) is 0 Å². The van der Waals surface area contributed by atoms with Crippen LogP contribution in [0.1, 0.15) is 42.5 Å². The molecular formula is C25H28FN5S. The molecule has 0 radical (unpaired) electrons. The van der Waals surface area contributed by atoms with E-state index in [1.54, 1.807) is 23.5 Å². The van der Waals surface area contributed by atoms with E-state index in [-0.39, 0.29) is 5.82 Å². The van der Waals surface area contributed by atoms with Gasteiger partial charge in [0.2, 0.25) is 0 Å². The van der Waals surface area contributed by atoms with Crippen LogP contribution in [-0.2, 0) is 6.42 Å². The summed E-state index contributed by atoms with van der Waals surface area (Å²) in [6.45, 7) is 6.45. The summed E-state index contributed by atoms with van der Waals surface area (Å²) in [6.07, 6.45) is 5.46. The zero-order valence-electron chi connectivity index (χ0n) is 18.7. The molecule has 4 aromatic rings. The lowest BCUT2D eigenvalue weighted by molar-refractivity contribution is 0.459. The normalized spacial score (nSPS) is 14.9. The Morgan fingerprint density at radius 1 is 1.19 bits per heavy atom. The topological polar surface area (TPSA) is 45.5 Å². The van der Waals surface area contributed by atoms with Crippen LogP contribution in [0.15, 0.2) is 41.9 Å². The summed E-state index contributed by atoms with van der Waals surface area (Å²) < 4.78 is 15.6. The van der Waals surface area contributed by atoms with Crippen molar-refractivity contribution in [1.82, 2.24) is 19.7 Å². The molecule has 0 bridgehead atoms. The van der Waals surface area contributed by atoms with Crippen LogP contribution in [0.5, 0.6) is 0 Å². The van der Waals surface area contributed by atoms with Crippen LogP contribution < -0.4 is 10.2 Å². The van der Waals surface area contributed by atoms with Crippen molar-refractivity contribution in [1.29, 1.82) is 0 Å². The SMILES string of the molecule is CCc1nc2c(C)cc(C3CCNCC3)cn2c1N(C)c1nc(-c2ccc(F)cc2)cs1. The minimum absolute atomic E-state index is 0.237. The molecule has 0 saturated carbocycles. The van der Waals surface area contributed by atoms with E-state index in [9.17, 15) is 4.39 Å². The van der Waals surface area contributed by atoms with Crippen molar-refractivity contribution in [3.8, 4) is 11.3 Å². The lowest BCUT2D eigenvalue weighted by Crippen LogP contribution is -2.26. The first-order valence-corrected chi connectivity index (χ1v) is 12.1. The number of aryl methyl sites for hydroxylation is 2. The van der Waals surface area contributed by atoms with Crippen molar-refractivity contribution in [3.05, 3.63) is 64.5 Å². The first-order chi connectivity index (χ1) is 15.5. The van der Waals surface area contributed by atoms with Gasteiger partial charge in [-0.25, -0.2) is 14.4 Å². The highest BCUT2D eigenvalue weighted by atomic mass is 32.1. The van der Waals surface area contributed by atoms with Gasteiger partial charge < -0.3 is 10.2 Å². The van der Waals surface area contributed by atoms with Gasteiger partial charge in [0.25, 0.3) is 0 Å². The number of rotatable bonds is 5. The summed E-state index contributed by atoms with van der Waals surface area (Å²) in [5.74, 6) is 1.41. The Morgan fingerprint density at radius 3 is 2.66 bits per heavy atom. The Labute approximate surface area is 191 Å². The number of fused-ring (bicyclic) bond motifs is 1. The van der Waals surface area contributed by atoms with Gasteiger partial charge >= 0.3 is 0 Å². The summed E-state index contributed by atoms with van der Waals surface area (Å²) in [6, 6.07) is 8.81. The van der Waals surface area contributed by atoms with Gasteiger partial charge in [0.1, 0.15) is 17.3 Å². The molecule has 1 fully saturated rings. The van der Waals surface area contributed by atoms with Crippen LogP contribution in [0.2, 0.25) is 0 Å². The number of pyridine rings is 1. The maximum atomic E-state index is 13.3. The number of thiazole rings is 1. The van der Waals surface area contributed by atoms with Crippen LogP contribution >= 0.6 is 11.3 Å². The third kappa shape index (κ3) is 3.80. The molecule has 0 unspecified atom stereocenters. The summed E-state index contributed by atoms with van der Waals surface area (Å²) >= 11 is 1.59. The van der Waals surface area contributed by atoms with E-state index in [2.05, 4.69) is 47.8 Å². The van der Waals surface area contributed by atoms with Crippen LogP contribution in [-0.4, -0.2) is 34.5 Å². The van der Waals surface area contributed by atoms with Gasteiger partial charge in [0.15, 0.2) is 5.13 Å². The highest BCUT2D eigenvalue weighted by Crippen LogP contribution is 2.35. The van der Waals surface area contributed by atoms with Crippen molar-refractivity contribution in [3.63, 3.8) is 0 Å². The maximum Gasteiger partial charge on any atom is 0.191 e. The van der Waals surface area contributed by atoms with Crippen molar-refractivity contribution in [2.24, 2.45) is 0 Å². The fourth-order valence-corrected chi connectivity index (χ4v) is 5.41. The van der Waals surface area contributed by atoms with E-state index in [1.807, 2.05) is 5.38 Å². The number of benzene rings is 1. The van der Waals surface area contributed by atoms with E-state index in [4.69, 9.17) is 9.97 Å². The summed E-state index contributed by atoms with van der Waals surface area (Å²) in [5, 5.41) is 6.39. The number of aromatic nitrogens is 3. The van der Waals surface area contributed by atoms with E-state index >= 15 is 0 Å². The fraction of sp³-hybridized carbons (Fsp3) is 0.360. The van der Waals surface area contributed by atoms with E-state index < -0.39 is 0 Å². The number of hydrogen-bond donors (Lipinski definition) is 1. The number of hydrogen-bond acceptors (Lipinski definition) is 5. The second-order valence-electron chi connectivity index (χ2n) is 8.49. The smallest absolute Gasteiger partial charge is 0.191 e. The molecular weight excluding hydrogens is 421 g/mol. The molecule has 0 aliphatic carbocycles. The zero-order chi connectivity index (χ0) is 22.2. The van der Waals surface area contributed by atoms with Crippen LogP contribution in [0, 0.1) is 12.7 Å². The lowest BCUT2D eigenvalue weighted by Gasteiger charge is -2.24. The molecule has 3 aromatic heterocycles. The molecule has 32 heavy (non-hydrogen) atoms. The molecule has 166 valence electrons. The molecule has 5 nitrogen and oxygen atoms in total. The quantitative estimate of drug-likeness (QED) is 0.424. The average molecular weight is 450 g/mol. The van der Waals surface area contributed by atoms with Crippen molar-refractivity contribution in [2.45, 2.75) is 39.0 Å². The molecule has 0 amide bonds. The predicted octanol–water partition coefficient (Wildman–Crippen LogP) is 5.70. The number of piperidine rings is 1. The summed E-state index contributed by atoms with van der Waals surface area (Å²) in [5.41, 5.74) is 6.45. The molecule has 4 heterocycles. The Kier molecular flexibility index (Phi) is 5.69. The summed E-state index contributed by atoms with van der Waals surface area (Å²) in [4.78, 5) is 12.0. The number of nitrogens with zero attached hydrogens (tertiary/aromatic N) is 4. The molecule has 1 N–H and O–H groups in total. The average Bonchev–Trinajstić information content (AvgIpc) is 3.45. The van der Waals surface area contributed by atoms with Gasteiger partial charge in [0.05, 0.1) is 11.4 Å². The molecule has 7 heteroatoms. The van der Waals surface area contributed by atoms with E-state index in [1.165, 1.54) is 36.1 Å². The van der Waals surface area contributed by atoms with E-state index in [0.717, 1.165) is 53.1 Å². The van der Waals surface area contributed by atoms with Gasteiger partial charge in [-0.05, 0) is 80.6 Å². The minimum atomic E-state index is -0.237. The number of halogens is 1. The van der Waals surface area contributed by atoms with Gasteiger partial charge in [-0.15, -0.1) is 11.3 Å². The van der Waals surface area contributed by atoms with Crippen molar-refractivity contribution >= 4 is 27.9 Å². The third-order valence-electron chi connectivity index (χ3n) is 6.35. The molecule has 1 saturated heterocycles. The first-order valence-electron chi connectivity index (χ1n) is 11.2. The number of imidazole rings is 1. The van der Waals surface area contributed by atoms with Gasteiger partial charge in [-0.3, -0.25) is 4.40 Å². The minimum Gasteiger partial charge on any atom is -0.317 e. The molecule has 1 aromatic carbocycles. The Bertz CT molecular complexity index is 1240. The molecule has 1 aliphatic rings. The molecule has 1 aliphatic heterocycles. The van der Waals surface area contributed by atoms with Crippen LogP contribution in [0.4, 0.5) is 15.3 Å². The highest BCUT2D eigenvalue weighted by Gasteiger charge is 2.22. The van der Waals surface area contributed by atoms with E-state index in [0.29, 0.717) is 5.92 Å². The lowest BCUT2D eigenvalue weighted by atomic mass is 9.91. The fourth-order valence-electron chi connectivity index (χ4n) is 4.61. The first kappa shape index (κ1) is 21.1. The standard InChI is InChI=1S/C25H28FN5S/c1-4-21-24(30(3)25-29-22(15-32-25)18-5-7-20(26)8-6-18)31-14-19(13-16(2)23(31)28-21)17-9-11-27-12-10-17/h5-8,13-15,17,27H,4,9-12H2,1-3H3. The maximum absolute atomic E-state index is 13.3. The molecule has 0 spiro atoms. The predicted molar refractivity (Wildman–Crippen MR) is 130 cm³/mol. The Morgan fingerprint density at radius 2 is 1.94 bits per heavy atom. The second kappa shape index (κ2) is 8.64. The van der Waals surface area contributed by atoms with Crippen molar-refractivity contribution < 1.29 is 4.39 Å². The van der Waals surface area contributed by atoms with Crippen molar-refractivity contribution in [2.75, 3.05) is 25.0 Å². The largest absolute Gasteiger partial charge is 0.317 e. The summed E-state index contributed by atoms with van der Waals surface area (Å²) in [7, 11) is 2.06. The zero-order valence-corrected chi connectivity index (χ0v) is 19.5. The highest BCUT2D eigenvalue weighted by molar-refractivity contribution is 7.14. The molecule has 0 atom stereocenters. The number of nitrogens with one attached hydrogen (secondary N) is 1. The Balaban J connectivity index is 1.56. The molecule has 5 rings (SSSR count).